The molecule has 0 aromatic rings. The van der Waals surface area contributed by atoms with E-state index in [-0.39, 0.29) is 30.4 Å². The first kappa shape index (κ1) is 11.3. The third-order valence-electron chi connectivity index (χ3n) is 1.17. The van der Waals surface area contributed by atoms with Gasteiger partial charge in [-0.1, -0.05) is 0 Å². The maximum Gasteiger partial charge on any atom is 1.00 e. The second-order valence-corrected chi connectivity index (χ2v) is 2.61. The Labute approximate surface area is 63.2 Å². The molecule has 2 nitrogen and oxygen atoms in total. The van der Waals surface area contributed by atoms with E-state index < -0.39 is 0 Å². The molecule has 0 aromatic heterocycles. The van der Waals surface area contributed by atoms with Gasteiger partial charge in [0.1, 0.15) is 0 Å². The van der Waals surface area contributed by atoms with Crippen molar-refractivity contribution < 1.29 is 18.9 Å². The monoisotopic (exact) mass is 109 g/mol. The molecule has 3 heteroatoms. The third kappa shape index (κ3) is 4.67. The number of hydrogen-bond acceptors (Lipinski definition) is 2. The van der Waals surface area contributed by atoms with Gasteiger partial charge in [0.25, 0.3) is 0 Å². The molecule has 0 saturated carbocycles. The van der Waals surface area contributed by atoms with Crippen molar-refractivity contribution >= 4 is 0 Å². The molecule has 0 aromatic carbocycles. The molecule has 0 bridgehead atoms. The second-order valence-electron chi connectivity index (χ2n) is 2.61. The summed E-state index contributed by atoms with van der Waals surface area (Å²) in [6.45, 7) is 5.73. The van der Waals surface area contributed by atoms with Gasteiger partial charge in [-0.2, -0.15) is 0 Å². The van der Waals surface area contributed by atoms with Crippen molar-refractivity contribution in [3.63, 3.8) is 0 Å². The summed E-state index contributed by atoms with van der Waals surface area (Å²) in [4.78, 5) is 0. The molecular weight excluding hydrogens is 95.0 g/mol. The average Bonchev–Trinajstić information content (AvgIpc) is 1.31. The molecular formula is C5H14LiN2+. The normalized spacial score (nSPS) is 14.6. The smallest absolute Gasteiger partial charge is 0.326 e. The number of nitrogens with two attached hydrogens (primary N) is 2. The van der Waals surface area contributed by atoms with Gasteiger partial charge < -0.3 is 11.5 Å². The van der Waals surface area contributed by atoms with Crippen LogP contribution in [0.15, 0.2) is 0 Å². The zero-order valence-corrected chi connectivity index (χ0v) is 6.23. The summed E-state index contributed by atoms with van der Waals surface area (Å²) in [5.74, 6) is 0. The maximum absolute atomic E-state index is 5.55. The van der Waals surface area contributed by atoms with Crippen LogP contribution in [0.25, 0.3) is 0 Å². The molecule has 1 atom stereocenters. The molecule has 0 rings (SSSR count). The van der Waals surface area contributed by atoms with E-state index in [4.69, 9.17) is 11.5 Å². The zero-order valence-electron chi connectivity index (χ0n) is 6.23. The van der Waals surface area contributed by atoms with Gasteiger partial charge in [0, 0.05) is 11.6 Å². The Morgan fingerprint density at radius 2 is 1.50 bits per heavy atom. The van der Waals surface area contributed by atoms with Crippen LogP contribution in [0.3, 0.4) is 0 Å². The molecule has 8 heavy (non-hydrogen) atoms. The van der Waals surface area contributed by atoms with E-state index in [0.29, 0.717) is 0 Å². The van der Waals surface area contributed by atoms with E-state index in [9.17, 15) is 0 Å². The van der Waals surface area contributed by atoms with E-state index in [1.807, 2.05) is 20.8 Å². The van der Waals surface area contributed by atoms with Crippen LogP contribution in [0, 0.1) is 0 Å². The van der Waals surface area contributed by atoms with E-state index in [1.165, 1.54) is 0 Å². The first-order chi connectivity index (χ1) is 2.94. The largest absolute Gasteiger partial charge is 1.00 e. The van der Waals surface area contributed by atoms with Crippen LogP contribution in [0.2, 0.25) is 0 Å². The molecule has 0 amide bonds. The molecule has 1 unspecified atom stereocenters. The molecule has 0 saturated heterocycles. The summed E-state index contributed by atoms with van der Waals surface area (Å²) in [6.07, 6.45) is 0. The molecule has 0 spiro atoms. The Morgan fingerprint density at radius 3 is 1.50 bits per heavy atom. The summed E-state index contributed by atoms with van der Waals surface area (Å²) in [5.41, 5.74) is 10.8. The third-order valence-corrected chi connectivity index (χ3v) is 1.17. The predicted molar refractivity (Wildman–Crippen MR) is 31.9 cm³/mol. The van der Waals surface area contributed by atoms with Crippen LogP contribution in [0.4, 0.5) is 0 Å². The fourth-order valence-electron chi connectivity index (χ4n) is 0. The first-order valence-corrected chi connectivity index (χ1v) is 2.49. The van der Waals surface area contributed by atoms with Crippen molar-refractivity contribution in [2.45, 2.75) is 32.4 Å². The van der Waals surface area contributed by atoms with Gasteiger partial charge in [-0.05, 0) is 20.8 Å². The van der Waals surface area contributed by atoms with Crippen molar-refractivity contribution in [1.82, 2.24) is 0 Å². The fourth-order valence-corrected chi connectivity index (χ4v) is 0. The van der Waals surface area contributed by atoms with Crippen LogP contribution in [0.1, 0.15) is 20.8 Å². The van der Waals surface area contributed by atoms with Gasteiger partial charge in [0.15, 0.2) is 0 Å². The van der Waals surface area contributed by atoms with Crippen molar-refractivity contribution in [2.75, 3.05) is 0 Å². The molecule has 0 fully saturated rings. The second kappa shape index (κ2) is 3.53. The van der Waals surface area contributed by atoms with Gasteiger partial charge >= 0.3 is 18.9 Å². The molecule has 4 N–H and O–H groups in total. The Hall–Kier alpha value is 0.517. The zero-order chi connectivity index (χ0) is 6.08. The van der Waals surface area contributed by atoms with Crippen LogP contribution in [0.5, 0.6) is 0 Å². The van der Waals surface area contributed by atoms with Gasteiger partial charge in [0.2, 0.25) is 0 Å². The van der Waals surface area contributed by atoms with Crippen LogP contribution in [-0.2, 0) is 0 Å². The van der Waals surface area contributed by atoms with Crippen molar-refractivity contribution in [2.24, 2.45) is 11.5 Å². The van der Waals surface area contributed by atoms with Gasteiger partial charge in [-0.3, -0.25) is 0 Å². The standard InChI is InChI=1S/C5H14N2.Li/c1-4(6)5(2,3)7;/h4H,6-7H2,1-3H3;/q;+1. The average molecular weight is 109 g/mol. The Balaban J connectivity index is 0. The quantitative estimate of drug-likeness (QED) is 0.354. The van der Waals surface area contributed by atoms with E-state index >= 15 is 0 Å². The van der Waals surface area contributed by atoms with Gasteiger partial charge in [0.05, 0.1) is 0 Å². The fraction of sp³-hybridized carbons (Fsp3) is 1.00. The number of hydrogen-bond donors (Lipinski definition) is 2. The van der Waals surface area contributed by atoms with Gasteiger partial charge in [-0.15, -0.1) is 0 Å². The van der Waals surface area contributed by atoms with Crippen LogP contribution >= 0.6 is 0 Å². The molecule has 0 aliphatic carbocycles. The van der Waals surface area contributed by atoms with Crippen molar-refractivity contribution in [3.05, 3.63) is 0 Å². The SMILES string of the molecule is CC(N)C(C)(C)N.[Li+]. The van der Waals surface area contributed by atoms with Crippen molar-refractivity contribution in [3.8, 4) is 0 Å². The van der Waals surface area contributed by atoms with Crippen molar-refractivity contribution in [1.29, 1.82) is 0 Å². The Morgan fingerprint density at radius 1 is 1.38 bits per heavy atom. The Bertz CT molecular complexity index is 55.9. The Kier molecular flexibility index (Phi) is 4.99. The summed E-state index contributed by atoms with van der Waals surface area (Å²) >= 11 is 0. The topological polar surface area (TPSA) is 52.0 Å². The first-order valence-electron chi connectivity index (χ1n) is 2.49. The minimum absolute atomic E-state index is 0. The minimum Gasteiger partial charge on any atom is -0.326 e. The van der Waals surface area contributed by atoms with Gasteiger partial charge in [-0.25, -0.2) is 0 Å². The summed E-state index contributed by atoms with van der Waals surface area (Å²) in [7, 11) is 0. The number of rotatable bonds is 1. The maximum atomic E-state index is 5.55. The predicted octanol–water partition coefficient (Wildman–Crippen LogP) is -2.93. The van der Waals surface area contributed by atoms with E-state index in [0.717, 1.165) is 0 Å². The minimum atomic E-state index is -0.222. The van der Waals surface area contributed by atoms with E-state index in [2.05, 4.69) is 0 Å². The van der Waals surface area contributed by atoms with Crippen LogP contribution < -0.4 is 30.3 Å². The van der Waals surface area contributed by atoms with E-state index in [1.54, 1.807) is 0 Å². The molecule has 0 aliphatic heterocycles. The summed E-state index contributed by atoms with van der Waals surface area (Å²) in [6, 6.07) is 0.0764. The molecule has 44 valence electrons. The molecule has 0 heterocycles. The molecule has 0 radical (unpaired) electrons. The molecule has 0 aliphatic rings. The summed E-state index contributed by atoms with van der Waals surface area (Å²) < 4.78 is 0. The summed E-state index contributed by atoms with van der Waals surface area (Å²) in [5, 5.41) is 0. The van der Waals surface area contributed by atoms with Crippen LogP contribution in [-0.4, -0.2) is 11.6 Å².